The summed E-state index contributed by atoms with van der Waals surface area (Å²) in [5.41, 5.74) is 3.14. The first-order chi connectivity index (χ1) is 12.5. The van der Waals surface area contributed by atoms with Gasteiger partial charge in [-0.2, -0.15) is 5.10 Å². The number of nitrogens with zero attached hydrogens (tertiary/aromatic N) is 2. The molecule has 0 saturated carbocycles. The molecule has 0 radical (unpaired) electrons. The van der Waals surface area contributed by atoms with E-state index in [2.05, 4.69) is 10.4 Å². The van der Waals surface area contributed by atoms with E-state index < -0.39 is 0 Å². The molecule has 0 atom stereocenters. The van der Waals surface area contributed by atoms with Crippen molar-refractivity contribution in [2.45, 2.75) is 26.2 Å². The Morgan fingerprint density at radius 1 is 1.19 bits per heavy atom. The monoisotopic (exact) mass is 369 g/mol. The zero-order valence-electron chi connectivity index (χ0n) is 14.5. The van der Waals surface area contributed by atoms with Gasteiger partial charge in [0.1, 0.15) is 5.71 Å². The molecular weight excluding hydrogens is 350 g/mol. The molecule has 5 nitrogen and oxygen atoms in total. The molecule has 0 fully saturated rings. The fourth-order valence-corrected chi connectivity index (χ4v) is 3.01. The molecule has 0 saturated heterocycles. The number of carbonyl (C=O) groups is 2. The first kappa shape index (κ1) is 18.1. The van der Waals surface area contributed by atoms with Gasteiger partial charge >= 0.3 is 0 Å². The molecule has 0 aromatic heterocycles. The van der Waals surface area contributed by atoms with Gasteiger partial charge in [-0.3, -0.25) is 9.59 Å². The van der Waals surface area contributed by atoms with Gasteiger partial charge in [-0.25, -0.2) is 5.01 Å². The summed E-state index contributed by atoms with van der Waals surface area (Å²) in [6.07, 6.45) is 1.30. The summed E-state index contributed by atoms with van der Waals surface area (Å²) in [6.45, 7) is 2.43. The predicted octanol–water partition coefficient (Wildman–Crippen LogP) is 3.49. The summed E-state index contributed by atoms with van der Waals surface area (Å²) >= 11 is 5.96. The Morgan fingerprint density at radius 3 is 2.77 bits per heavy atom. The summed E-state index contributed by atoms with van der Waals surface area (Å²) in [7, 11) is 0. The fourth-order valence-electron chi connectivity index (χ4n) is 2.79. The molecule has 1 heterocycles. The van der Waals surface area contributed by atoms with Crippen molar-refractivity contribution in [2.24, 2.45) is 5.10 Å². The molecule has 0 aliphatic carbocycles. The van der Waals surface area contributed by atoms with Gasteiger partial charge in [0.15, 0.2) is 0 Å². The van der Waals surface area contributed by atoms with Gasteiger partial charge in [0.2, 0.25) is 5.91 Å². The molecule has 2 aromatic rings. The number of hydrogen-bond acceptors (Lipinski definition) is 3. The van der Waals surface area contributed by atoms with Gasteiger partial charge in [0.05, 0.1) is 5.69 Å². The van der Waals surface area contributed by atoms with Crippen molar-refractivity contribution in [1.82, 2.24) is 5.32 Å². The van der Waals surface area contributed by atoms with Crippen LogP contribution in [-0.2, 0) is 16.0 Å². The zero-order chi connectivity index (χ0) is 18.5. The van der Waals surface area contributed by atoms with Gasteiger partial charge < -0.3 is 5.32 Å². The lowest BCUT2D eigenvalue weighted by molar-refractivity contribution is -0.118. The van der Waals surface area contributed by atoms with Crippen molar-refractivity contribution in [2.75, 3.05) is 11.6 Å². The van der Waals surface area contributed by atoms with Crippen molar-refractivity contribution in [3.05, 3.63) is 64.7 Å². The SMILES string of the molecule is Cc1cccc(N2N=C(C(=O)NCCc3cccc(Cl)c3)CCC2=O)c1. The maximum atomic E-state index is 12.4. The number of halogens is 1. The van der Waals surface area contributed by atoms with Crippen LogP contribution in [0.3, 0.4) is 0 Å². The summed E-state index contributed by atoms with van der Waals surface area (Å²) < 4.78 is 0. The average Bonchev–Trinajstić information content (AvgIpc) is 2.62. The molecule has 3 rings (SSSR count). The Morgan fingerprint density at radius 2 is 2.00 bits per heavy atom. The molecule has 1 N–H and O–H groups in total. The van der Waals surface area contributed by atoms with Crippen molar-refractivity contribution >= 4 is 34.8 Å². The lowest BCUT2D eigenvalue weighted by Gasteiger charge is -2.23. The summed E-state index contributed by atoms with van der Waals surface area (Å²) in [4.78, 5) is 24.6. The molecule has 134 valence electrons. The minimum Gasteiger partial charge on any atom is -0.351 e. The van der Waals surface area contributed by atoms with E-state index in [1.807, 2.05) is 55.5 Å². The van der Waals surface area contributed by atoms with Crippen molar-refractivity contribution in [1.29, 1.82) is 0 Å². The highest BCUT2D eigenvalue weighted by atomic mass is 35.5. The average molecular weight is 370 g/mol. The molecule has 0 bridgehead atoms. The Hall–Kier alpha value is -2.66. The molecule has 0 unspecified atom stereocenters. The number of rotatable bonds is 5. The molecule has 2 amide bonds. The summed E-state index contributed by atoms with van der Waals surface area (Å²) in [5.74, 6) is -0.344. The molecule has 1 aliphatic heterocycles. The Labute approximate surface area is 157 Å². The molecular formula is C20H20ClN3O2. The highest BCUT2D eigenvalue weighted by Crippen LogP contribution is 2.21. The third-order valence-electron chi connectivity index (χ3n) is 4.13. The fraction of sp³-hybridized carbons (Fsp3) is 0.250. The number of carbonyl (C=O) groups excluding carboxylic acids is 2. The minimum absolute atomic E-state index is 0.105. The minimum atomic E-state index is -0.239. The third-order valence-corrected chi connectivity index (χ3v) is 4.36. The summed E-state index contributed by atoms with van der Waals surface area (Å²) in [6, 6.07) is 15.1. The van der Waals surface area contributed by atoms with Gasteiger partial charge in [-0.15, -0.1) is 0 Å². The highest BCUT2D eigenvalue weighted by Gasteiger charge is 2.25. The number of amides is 2. The van der Waals surface area contributed by atoms with Crippen molar-refractivity contribution in [3.63, 3.8) is 0 Å². The van der Waals surface area contributed by atoms with Gasteiger partial charge in [0, 0.05) is 24.4 Å². The topological polar surface area (TPSA) is 61.8 Å². The van der Waals surface area contributed by atoms with E-state index in [-0.39, 0.29) is 18.2 Å². The van der Waals surface area contributed by atoms with Crippen LogP contribution in [0.25, 0.3) is 0 Å². The van der Waals surface area contributed by atoms with Crippen LogP contribution in [-0.4, -0.2) is 24.1 Å². The van der Waals surface area contributed by atoms with E-state index in [1.165, 1.54) is 5.01 Å². The van der Waals surface area contributed by atoms with E-state index >= 15 is 0 Å². The maximum Gasteiger partial charge on any atom is 0.267 e. The highest BCUT2D eigenvalue weighted by molar-refractivity contribution is 6.40. The normalized spacial score (nSPS) is 14.2. The van der Waals surface area contributed by atoms with E-state index in [4.69, 9.17) is 11.6 Å². The smallest absolute Gasteiger partial charge is 0.267 e. The number of hydrazone groups is 1. The van der Waals surface area contributed by atoms with Crippen LogP contribution < -0.4 is 10.3 Å². The van der Waals surface area contributed by atoms with Crippen LogP contribution in [0.5, 0.6) is 0 Å². The molecule has 2 aromatic carbocycles. The number of aryl methyl sites for hydroxylation is 1. The van der Waals surface area contributed by atoms with Crippen LogP contribution in [0.15, 0.2) is 53.6 Å². The van der Waals surface area contributed by atoms with E-state index in [1.54, 1.807) is 0 Å². The van der Waals surface area contributed by atoms with Crippen molar-refractivity contribution in [3.8, 4) is 0 Å². The second-order valence-electron chi connectivity index (χ2n) is 6.23. The number of hydrogen-bond donors (Lipinski definition) is 1. The largest absolute Gasteiger partial charge is 0.351 e. The zero-order valence-corrected chi connectivity index (χ0v) is 15.3. The molecule has 6 heteroatoms. The van der Waals surface area contributed by atoms with Crippen LogP contribution in [0.2, 0.25) is 5.02 Å². The second-order valence-corrected chi connectivity index (χ2v) is 6.66. The van der Waals surface area contributed by atoms with Crippen LogP contribution in [0.4, 0.5) is 5.69 Å². The second kappa shape index (κ2) is 8.15. The number of anilines is 1. The van der Waals surface area contributed by atoms with E-state index in [9.17, 15) is 9.59 Å². The summed E-state index contributed by atoms with van der Waals surface area (Å²) in [5, 5.41) is 9.15. The van der Waals surface area contributed by atoms with Gasteiger partial charge in [0.25, 0.3) is 5.91 Å². The Bertz CT molecular complexity index is 864. The number of benzene rings is 2. The molecule has 26 heavy (non-hydrogen) atoms. The molecule has 0 spiro atoms. The Kier molecular flexibility index (Phi) is 5.68. The quantitative estimate of drug-likeness (QED) is 0.876. The van der Waals surface area contributed by atoms with Gasteiger partial charge in [-0.1, -0.05) is 35.9 Å². The first-order valence-corrected chi connectivity index (χ1v) is 8.90. The number of nitrogens with one attached hydrogen (secondary N) is 1. The van der Waals surface area contributed by atoms with E-state index in [0.29, 0.717) is 35.8 Å². The van der Waals surface area contributed by atoms with Crippen LogP contribution in [0, 0.1) is 6.92 Å². The van der Waals surface area contributed by atoms with Gasteiger partial charge in [-0.05, 0) is 48.7 Å². The van der Waals surface area contributed by atoms with Crippen molar-refractivity contribution < 1.29 is 9.59 Å². The van der Waals surface area contributed by atoms with Crippen LogP contribution >= 0.6 is 11.6 Å². The van der Waals surface area contributed by atoms with E-state index in [0.717, 1.165) is 11.1 Å². The maximum absolute atomic E-state index is 12.4. The first-order valence-electron chi connectivity index (χ1n) is 8.52. The Balaban J connectivity index is 1.64. The predicted molar refractivity (Wildman–Crippen MR) is 103 cm³/mol. The lowest BCUT2D eigenvalue weighted by atomic mass is 10.1. The lowest BCUT2D eigenvalue weighted by Crippen LogP contribution is -2.39. The third kappa shape index (κ3) is 4.49. The standard InChI is InChI=1S/C20H20ClN3O2/c1-14-4-2-7-17(12-14)24-19(25)9-8-18(23-24)20(26)22-11-10-15-5-3-6-16(21)13-15/h2-7,12-13H,8-11H2,1H3,(H,22,26). The van der Waals surface area contributed by atoms with Crippen LogP contribution in [0.1, 0.15) is 24.0 Å². The molecule has 1 aliphatic rings.